The minimum atomic E-state index is -4.04. The maximum atomic E-state index is 13.4. The predicted octanol–water partition coefficient (Wildman–Crippen LogP) is 5.94. The zero-order valence-corrected chi connectivity index (χ0v) is 20.4. The third kappa shape index (κ3) is 5.81. The first-order chi connectivity index (χ1) is 17.2. The Hall–Kier alpha value is -4.37. The lowest BCUT2D eigenvalue weighted by molar-refractivity contribution is 0.102. The quantitative estimate of drug-likeness (QED) is 0.275. The molecule has 4 rings (SSSR count). The molecule has 0 spiro atoms. The molecule has 0 saturated carbocycles. The van der Waals surface area contributed by atoms with Gasteiger partial charge in [-0.3, -0.25) is 9.52 Å². The predicted molar refractivity (Wildman–Crippen MR) is 139 cm³/mol. The second-order valence-electron chi connectivity index (χ2n) is 7.95. The smallest absolute Gasteiger partial charge is 0.262 e. The first-order valence-electron chi connectivity index (χ1n) is 11.0. The van der Waals surface area contributed by atoms with E-state index in [0.717, 1.165) is 29.3 Å². The number of rotatable bonds is 8. The summed E-state index contributed by atoms with van der Waals surface area (Å²) >= 11 is 0. The first-order valence-corrected chi connectivity index (χ1v) is 12.4. The van der Waals surface area contributed by atoms with Crippen molar-refractivity contribution >= 4 is 38.7 Å². The van der Waals surface area contributed by atoms with Crippen molar-refractivity contribution in [3.63, 3.8) is 0 Å². The summed E-state index contributed by atoms with van der Waals surface area (Å²) in [5.74, 6) is -0.259. The Morgan fingerprint density at radius 3 is 2.08 bits per heavy atom. The van der Waals surface area contributed by atoms with Gasteiger partial charge in [0.05, 0.1) is 23.3 Å². The van der Waals surface area contributed by atoms with Crippen LogP contribution in [0.2, 0.25) is 0 Å². The summed E-state index contributed by atoms with van der Waals surface area (Å²) in [6, 6.07) is 24.2. The van der Waals surface area contributed by atoms with Crippen LogP contribution in [0.5, 0.6) is 5.75 Å². The number of amides is 1. The molecular weight excluding hydrogens is 481 g/mol. The molecule has 1 amide bonds. The third-order valence-electron chi connectivity index (χ3n) is 5.36. The van der Waals surface area contributed by atoms with Gasteiger partial charge in [-0.2, -0.15) is 0 Å². The van der Waals surface area contributed by atoms with E-state index in [1.165, 1.54) is 25.1 Å². The van der Waals surface area contributed by atoms with E-state index >= 15 is 0 Å². The molecule has 0 aliphatic heterocycles. The molecule has 0 heterocycles. The van der Waals surface area contributed by atoms with Gasteiger partial charge in [0.2, 0.25) is 0 Å². The fraction of sp³-hybridized carbons (Fsp3) is 0.0741. The van der Waals surface area contributed by atoms with Crippen LogP contribution in [0.25, 0.3) is 0 Å². The first kappa shape index (κ1) is 24.7. The number of nitrogens with one attached hydrogen (secondary N) is 3. The van der Waals surface area contributed by atoms with Gasteiger partial charge in [0.15, 0.2) is 0 Å². The van der Waals surface area contributed by atoms with Gasteiger partial charge in [0.25, 0.3) is 15.9 Å². The highest BCUT2D eigenvalue weighted by Crippen LogP contribution is 2.25. The fourth-order valence-corrected chi connectivity index (χ4v) is 4.87. The number of carbonyl (C=O) groups excluding carboxylic acids is 1. The van der Waals surface area contributed by atoms with Crippen LogP contribution in [0.1, 0.15) is 15.9 Å². The highest BCUT2D eigenvalue weighted by Gasteiger charge is 2.20. The standard InChI is InChI=1S/C27H24FN3O4S/c1-18-17-19(28)7-16-26(18)36(33,34)31-25-6-4-3-5-24(25)27(32)30-22-10-8-20(9-11-22)29-21-12-14-23(35-2)15-13-21/h3-17,29,31H,1-2H3,(H,30,32). The number of hydrogen-bond donors (Lipinski definition) is 3. The maximum absolute atomic E-state index is 13.4. The van der Waals surface area contributed by atoms with Gasteiger partial charge >= 0.3 is 0 Å². The number of aryl methyl sites for hydroxylation is 1. The van der Waals surface area contributed by atoms with Crippen molar-refractivity contribution in [2.45, 2.75) is 11.8 Å². The number of anilines is 4. The molecule has 9 heteroatoms. The summed E-state index contributed by atoms with van der Waals surface area (Å²) in [5.41, 5.74) is 2.74. The number of para-hydroxylation sites is 1. The van der Waals surface area contributed by atoms with Crippen molar-refractivity contribution in [1.82, 2.24) is 0 Å². The summed E-state index contributed by atoms with van der Waals surface area (Å²) in [6.07, 6.45) is 0. The van der Waals surface area contributed by atoms with Crippen molar-refractivity contribution in [3.05, 3.63) is 108 Å². The molecule has 0 atom stereocenters. The number of benzene rings is 4. The SMILES string of the molecule is COc1ccc(Nc2ccc(NC(=O)c3ccccc3NS(=O)(=O)c3ccc(F)cc3C)cc2)cc1. The molecule has 0 bridgehead atoms. The molecule has 3 N–H and O–H groups in total. The monoisotopic (exact) mass is 505 g/mol. The maximum Gasteiger partial charge on any atom is 0.262 e. The molecule has 0 radical (unpaired) electrons. The average Bonchev–Trinajstić information content (AvgIpc) is 2.85. The normalized spacial score (nSPS) is 11.0. The highest BCUT2D eigenvalue weighted by molar-refractivity contribution is 7.92. The fourth-order valence-electron chi connectivity index (χ4n) is 3.56. The van der Waals surface area contributed by atoms with Crippen molar-refractivity contribution < 1.29 is 22.3 Å². The largest absolute Gasteiger partial charge is 0.497 e. The molecule has 184 valence electrons. The van der Waals surface area contributed by atoms with Crippen LogP contribution in [0, 0.1) is 12.7 Å². The Morgan fingerprint density at radius 2 is 1.44 bits per heavy atom. The Labute approximate surface area is 209 Å². The second-order valence-corrected chi connectivity index (χ2v) is 9.60. The lowest BCUT2D eigenvalue weighted by atomic mass is 10.1. The number of ether oxygens (including phenoxy) is 1. The van der Waals surface area contributed by atoms with E-state index in [9.17, 15) is 17.6 Å². The molecule has 0 aliphatic carbocycles. The minimum Gasteiger partial charge on any atom is -0.497 e. The number of carbonyl (C=O) groups is 1. The van der Waals surface area contributed by atoms with Crippen LogP contribution in [0.15, 0.2) is 95.9 Å². The minimum absolute atomic E-state index is 0.0703. The Morgan fingerprint density at radius 1 is 0.833 bits per heavy atom. The molecule has 4 aromatic rings. The summed E-state index contributed by atoms with van der Waals surface area (Å²) in [6.45, 7) is 1.50. The zero-order chi connectivity index (χ0) is 25.7. The lowest BCUT2D eigenvalue weighted by Gasteiger charge is -2.14. The van der Waals surface area contributed by atoms with Crippen molar-refractivity contribution in [2.24, 2.45) is 0 Å². The van der Waals surface area contributed by atoms with E-state index in [4.69, 9.17) is 4.74 Å². The van der Waals surface area contributed by atoms with Gasteiger partial charge in [0, 0.05) is 17.1 Å². The van der Waals surface area contributed by atoms with Crippen LogP contribution < -0.4 is 20.1 Å². The van der Waals surface area contributed by atoms with Gasteiger partial charge in [-0.05, 0) is 91.3 Å². The molecule has 0 aromatic heterocycles. The van der Waals surface area contributed by atoms with Gasteiger partial charge < -0.3 is 15.4 Å². The Kier molecular flexibility index (Phi) is 7.21. The van der Waals surface area contributed by atoms with E-state index in [1.807, 2.05) is 36.4 Å². The molecule has 0 aliphatic rings. The van der Waals surface area contributed by atoms with Crippen LogP contribution in [0.3, 0.4) is 0 Å². The van der Waals surface area contributed by atoms with Gasteiger partial charge in [0.1, 0.15) is 11.6 Å². The lowest BCUT2D eigenvalue weighted by Crippen LogP contribution is -2.19. The van der Waals surface area contributed by atoms with Crippen molar-refractivity contribution in [1.29, 1.82) is 0 Å². The molecule has 7 nitrogen and oxygen atoms in total. The van der Waals surface area contributed by atoms with E-state index in [1.54, 1.807) is 31.4 Å². The molecule has 36 heavy (non-hydrogen) atoms. The molecular formula is C27H24FN3O4S. The zero-order valence-electron chi connectivity index (χ0n) is 19.6. The number of methoxy groups -OCH3 is 1. The highest BCUT2D eigenvalue weighted by atomic mass is 32.2. The average molecular weight is 506 g/mol. The topological polar surface area (TPSA) is 96.5 Å². The number of sulfonamides is 1. The van der Waals surface area contributed by atoms with Gasteiger partial charge in [-0.15, -0.1) is 0 Å². The van der Waals surface area contributed by atoms with E-state index in [0.29, 0.717) is 5.69 Å². The molecule has 0 fully saturated rings. The Bertz CT molecular complexity index is 1490. The van der Waals surface area contributed by atoms with E-state index in [-0.39, 0.29) is 21.7 Å². The van der Waals surface area contributed by atoms with E-state index in [2.05, 4.69) is 15.4 Å². The van der Waals surface area contributed by atoms with Crippen LogP contribution in [0.4, 0.5) is 27.1 Å². The second kappa shape index (κ2) is 10.5. The van der Waals surface area contributed by atoms with Crippen LogP contribution >= 0.6 is 0 Å². The number of halogens is 1. The molecule has 0 saturated heterocycles. The Balaban J connectivity index is 1.47. The third-order valence-corrected chi connectivity index (χ3v) is 6.89. The van der Waals surface area contributed by atoms with Crippen LogP contribution in [-0.2, 0) is 10.0 Å². The number of hydrogen-bond acceptors (Lipinski definition) is 5. The van der Waals surface area contributed by atoms with Crippen LogP contribution in [-0.4, -0.2) is 21.4 Å². The molecule has 0 unspecified atom stereocenters. The van der Waals surface area contributed by atoms with Crippen molar-refractivity contribution in [2.75, 3.05) is 22.5 Å². The van der Waals surface area contributed by atoms with Gasteiger partial charge in [-0.1, -0.05) is 12.1 Å². The summed E-state index contributed by atoms with van der Waals surface area (Å²) < 4.78 is 46.8. The van der Waals surface area contributed by atoms with Gasteiger partial charge in [-0.25, -0.2) is 12.8 Å². The summed E-state index contributed by atoms with van der Waals surface area (Å²) in [4.78, 5) is 12.9. The summed E-state index contributed by atoms with van der Waals surface area (Å²) in [7, 11) is -2.44. The summed E-state index contributed by atoms with van der Waals surface area (Å²) in [5, 5.41) is 6.04. The molecule has 4 aromatic carbocycles. The van der Waals surface area contributed by atoms with E-state index < -0.39 is 21.7 Å². The van der Waals surface area contributed by atoms with Crippen molar-refractivity contribution in [3.8, 4) is 5.75 Å².